The summed E-state index contributed by atoms with van der Waals surface area (Å²) in [7, 11) is -3.97. The van der Waals surface area contributed by atoms with Gasteiger partial charge in [-0.25, -0.2) is 0 Å². The summed E-state index contributed by atoms with van der Waals surface area (Å²) < 4.78 is 50.4. The minimum Gasteiger partial charge on any atom is -0.359 e. The number of hydrogen-bond donors (Lipinski definition) is 0. The standard InChI is InChI=1S/C23H28O6S2/c1-4-30-23-16(3)20(29-31(24,25)18-12-10-15(2)11-13-18)21-19(27-23)14-26-22(28-21)17-8-6-5-7-9-17/h5-13,16,19-23H,4,14H2,1-3H3/t16-,19?,20-,21+,22?,23?/m1/s1. The van der Waals surface area contributed by atoms with Gasteiger partial charge in [-0.2, -0.15) is 8.42 Å². The Bertz CT molecular complexity index is 963. The van der Waals surface area contributed by atoms with Crippen molar-refractivity contribution in [3.05, 3.63) is 65.7 Å². The lowest BCUT2D eigenvalue weighted by Crippen LogP contribution is -2.59. The molecule has 2 aromatic rings. The summed E-state index contributed by atoms with van der Waals surface area (Å²) in [5.74, 6) is 0.652. The van der Waals surface area contributed by atoms with E-state index < -0.39 is 34.7 Å². The van der Waals surface area contributed by atoms with Gasteiger partial charge >= 0.3 is 0 Å². The van der Waals surface area contributed by atoms with Crippen molar-refractivity contribution in [2.24, 2.45) is 5.92 Å². The van der Waals surface area contributed by atoms with Crippen molar-refractivity contribution >= 4 is 21.9 Å². The molecule has 0 N–H and O–H groups in total. The van der Waals surface area contributed by atoms with E-state index in [1.807, 2.05) is 51.1 Å². The van der Waals surface area contributed by atoms with Crippen LogP contribution in [-0.2, 0) is 28.5 Å². The highest BCUT2D eigenvalue weighted by molar-refractivity contribution is 7.99. The maximum Gasteiger partial charge on any atom is 0.297 e. The van der Waals surface area contributed by atoms with E-state index in [1.54, 1.807) is 36.0 Å². The van der Waals surface area contributed by atoms with Crippen LogP contribution < -0.4 is 0 Å². The lowest BCUT2D eigenvalue weighted by atomic mass is 9.93. The van der Waals surface area contributed by atoms with Gasteiger partial charge in [0.25, 0.3) is 10.1 Å². The van der Waals surface area contributed by atoms with Crippen LogP contribution in [0, 0.1) is 12.8 Å². The fraction of sp³-hybridized carbons (Fsp3) is 0.478. The Morgan fingerprint density at radius 3 is 2.45 bits per heavy atom. The molecule has 4 rings (SSSR count). The lowest BCUT2D eigenvalue weighted by Gasteiger charge is -2.48. The van der Waals surface area contributed by atoms with Crippen molar-refractivity contribution in [3.8, 4) is 0 Å². The second kappa shape index (κ2) is 9.60. The molecule has 6 atom stereocenters. The van der Waals surface area contributed by atoms with E-state index in [-0.39, 0.29) is 16.2 Å². The molecule has 3 unspecified atom stereocenters. The SMILES string of the molecule is CCSC1OC2COC(c3ccccc3)O[C@@H]2[C@H](OS(=O)(=O)c2ccc(C)cc2)[C@H]1C. The first-order chi connectivity index (χ1) is 14.9. The minimum atomic E-state index is -3.97. The third-order valence-electron chi connectivity index (χ3n) is 5.59. The zero-order chi connectivity index (χ0) is 22.0. The molecule has 0 saturated carbocycles. The van der Waals surface area contributed by atoms with Crippen LogP contribution in [-0.4, -0.2) is 44.5 Å². The first-order valence-corrected chi connectivity index (χ1v) is 12.9. The molecule has 0 amide bonds. The maximum absolute atomic E-state index is 13.1. The maximum atomic E-state index is 13.1. The molecular weight excluding hydrogens is 436 g/mol. The van der Waals surface area contributed by atoms with E-state index in [1.165, 1.54) is 0 Å². The summed E-state index contributed by atoms with van der Waals surface area (Å²) in [6.07, 6.45) is -2.26. The molecule has 2 aliphatic rings. The minimum absolute atomic E-state index is 0.139. The Hall–Kier alpha value is -1.42. The summed E-state index contributed by atoms with van der Waals surface area (Å²) in [5.41, 5.74) is 1.65. The average molecular weight is 465 g/mol. The van der Waals surface area contributed by atoms with Crippen LogP contribution in [0.3, 0.4) is 0 Å². The van der Waals surface area contributed by atoms with Crippen LogP contribution in [0.15, 0.2) is 59.5 Å². The predicted molar refractivity (Wildman–Crippen MR) is 119 cm³/mol. The third kappa shape index (κ3) is 4.99. The van der Waals surface area contributed by atoms with Crippen LogP contribution >= 0.6 is 11.8 Å². The van der Waals surface area contributed by atoms with Gasteiger partial charge in [0.2, 0.25) is 0 Å². The number of ether oxygens (including phenoxy) is 3. The first kappa shape index (κ1) is 22.8. The molecule has 2 fully saturated rings. The fourth-order valence-corrected chi connectivity index (χ4v) is 6.06. The molecule has 0 bridgehead atoms. The van der Waals surface area contributed by atoms with Gasteiger partial charge in [0.05, 0.1) is 11.5 Å². The molecule has 0 radical (unpaired) electrons. The summed E-state index contributed by atoms with van der Waals surface area (Å²) in [6.45, 7) is 6.22. The van der Waals surface area contributed by atoms with Gasteiger partial charge in [-0.15, -0.1) is 11.8 Å². The van der Waals surface area contributed by atoms with E-state index in [0.29, 0.717) is 6.61 Å². The number of benzene rings is 2. The topological polar surface area (TPSA) is 71.1 Å². The molecule has 8 heteroatoms. The van der Waals surface area contributed by atoms with Crippen LogP contribution in [0.4, 0.5) is 0 Å². The largest absolute Gasteiger partial charge is 0.359 e. The van der Waals surface area contributed by atoms with Crippen LogP contribution in [0.5, 0.6) is 0 Å². The van der Waals surface area contributed by atoms with Gasteiger partial charge < -0.3 is 14.2 Å². The predicted octanol–water partition coefficient (Wildman–Crippen LogP) is 4.30. The lowest BCUT2D eigenvalue weighted by molar-refractivity contribution is -0.307. The third-order valence-corrected chi connectivity index (χ3v) is 8.12. The fourth-order valence-electron chi connectivity index (χ4n) is 3.89. The van der Waals surface area contributed by atoms with Gasteiger partial charge in [-0.3, -0.25) is 4.18 Å². The molecule has 168 valence electrons. The first-order valence-electron chi connectivity index (χ1n) is 10.5. The highest BCUT2D eigenvalue weighted by atomic mass is 32.2. The molecule has 2 heterocycles. The molecule has 31 heavy (non-hydrogen) atoms. The second-order valence-corrected chi connectivity index (χ2v) is 10.8. The van der Waals surface area contributed by atoms with E-state index in [0.717, 1.165) is 16.9 Å². The van der Waals surface area contributed by atoms with E-state index in [9.17, 15) is 8.42 Å². The highest BCUT2D eigenvalue weighted by Crippen LogP contribution is 2.41. The number of rotatable bonds is 6. The van der Waals surface area contributed by atoms with Gasteiger partial charge in [0.1, 0.15) is 23.7 Å². The summed E-state index contributed by atoms with van der Waals surface area (Å²) in [4.78, 5) is 0.139. The summed E-state index contributed by atoms with van der Waals surface area (Å²) in [5, 5.41) is 0. The molecule has 0 aliphatic carbocycles. The van der Waals surface area contributed by atoms with Crippen molar-refractivity contribution in [1.29, 1.82) is 0 Å². The Morgan fingerprint density at radius 1 is 1.06 bits per heavy atom. The van der Waals surface area contributed by atoms with Crippen LogP contribution in [0.1, 0.15) is 31.3 Å². The molecule has 6 nitrogen and oxygen atoms in total. The Morgan fingerprint density at radius 2 is 1.77 bits per heavy atom. The molecule has 2 saturated heterocycles. The zero-order valence-corrected chi connectivity index (χ0v) is 19.5. The number of fused-ring (bicyclic) bond motifs is 1. The van der Waals surface area contributed by atoms with Gasteiger partial charge in [0.15, 0.2) is 6.29 Å². The number of hydrogen-bond acceptors (Lipinski definition) is 7. The number of thioether (sulfide) groups is 1. The Labute approximate surface area is 188 Å². The van der Waals surface area contributed by atoms with Gasteiger partial charge in [-0.05, 0) is 24.8 Å². The van der Waals surface area contributed by atoms with E-state index >= 15 is 0 Å². The molecule has 0 aromatic heterocycles. The summed E-state index contributed by atoms with van der Waals surface area (Å²) in [6, 6.07) is 16.3. The molecule has 0 spiro atoms. The van der Waals surface area contributed by atoms with Crippen molar-refractivity contribution in [1.82, 2.24) is 0 Å². The van der Waals surface area contributed by atoms with Crippen LogP contribution in [0.2, 0.25) is 0 Å². The quantitative estimate of drug-likeness (QED) is 0.591. The Balaban J connectivity index is 1.61. The van der Waals surface area contributed by atoms with Gasteiger partial charge in [-0.1, -0.05) is 61.9 Å². The second-order valence-electron chi connectivity index (χ2n) is 7.86. The average Bonchev–Trinajstić information content (AvgIpc) is 2.77. The van der Waals surface area contributed by atoms with E-state index in [4.69, 9.17) is 18.4 Å². The smallest absolute Gasteiger partial charge is 0.297 e. The monoisotopic (exact) mass is 464 g/mol. The van der Waals surface area contributed by atoms with Crippen molar-refractivity contribution in [2.75, 3.05) is 12.4 Å². The van der Waals surface area contributed by atoms with E-state index in [2.05, 4.69) is 0 Å². The van der Waals surface area contributed by atoms with Crippen molar-refractivity contribution < 1.29 is 26.8 Å². The van der Waals surface area contributed by atoms with Crippen molar-refractivity contribution in [3.63, 3.8) is 0 Å². The molecule has 2 aromatic carbocycles. The number of aryl methyl sites for hydroxylation is 1. The zero-order valence-electron chi connectivity index (χ0n) is 17.8. The summed E-state index contributed by atoms with van der Waals surface area (Å²) >= 11 is 1.63. The van der Waals surface area contributed by atoms with Crippen molar-refractivity contribution in [2.45, 2.75) is 55.7 Å². The highest BCUT2D eigenvalue weighted by Gasteiger charge is 2.50. The van der Waals surface area contributed by atoms with Gasteiger partial charge in [0, 0.05) is 11.5 Å². The normalized spacial score (nSPS) is 31.2. The molecule has 2 aliphatic heterocycles. The van der Waals surface area contributed by atoms with Crippen LogP contribution in [0.25, 0.3) is 0 Å². The molecular formula is C23H28O6S2. The Kier molecular flexibility index (Phi) is 7.05.